The molecule has 4 nitrogen and oxygen atoms in total. The van der Waals surface area contributed by atoms with Gasteiger partial charge in [0.25, 0.3) is 0 Å². The van der Waals surface area contributed by atoms with Gasteiger partial charge in [0.05, 0.1) is 17.5 Å². The van der Waals surface area contributed by atoms with E-state index in [1.807, 2.05) is 72.8 Å². The van der Waals surface area contributed by atoms with Crippen LogP contribution in [0.3, 0.4) is 0 Å². The fraction of sp³-hybridized carbons (Fsp3) is 0. The van der Waals surface area contributed by atoms with Gasteiger partial charge in [0.15, 0.2) is 0 Å². The third-order valence-corrected chi connectivity index (χ3v) is 3.78. The smallest absolute Gasteiger partial charge is 0.230 e. The topological polar surface area (TPSA) is 47.9 Å². The van der Waals surface area contributed by atoms with Crippen LogP contribution in [-0.4, -0.2) is 15.0 Å². The molecule has 0 aliphatic heterocycles. The second-order valence-corrected chi connectivity index (χ2v) is 5.45. The van der Waals surface area contributed by atoms with Crippen LogP contribution < -0.4 is 4.74 Å². The molecule has 0 aliphatic carbocycles. The lowest BCUT2D eigenvalue weighted by Crippen LogP contribution is -1.93. The number of aromatic nitrogens is 3. The molecule has 25 heavy (non-hydrogen) atoms. The van der Waals surface area contributed by atoms with Gasteiger partial charge in [-0.25, -0.2) is 9.97 Å². The number of rotatable bonds is 4. The Bertz CT molecular complexity index is 955. The molecule has 4 heteroatoms. The average Bonchev–Trinajstić information content (AvgIpc) is 2.70. The fourth-order valence-corrected chi connectivity index (χ4v) is 2.55. The van der Waals surface area contributed by atoms with Gasteiger partial charge in [-0.1, -0.05) is 60.7 Å². The normalized spacial score (nSPS) is 10.4. The van der Waals surface area contributed by atoms with E-state index in [1.165, 1.54) is 6.33 Å². The zero-order chi connectivity index (χ0) is 16.9. The van der Waals surface area contributed by atoms with Gasteiger partial charge >= 0.3 is 0 Å². The van der Waals surface area contributed by atoms with Crippen molar-refractivity contribution in [1.82, 2.24) is 15.0 Å². The van der Waals surface area contributed by atoms with E-state index in [4.69, 9.17) is 4.74 Å². The van der Waals surface area contributed by atoms with Gasteiger partial charge in [0.2, 0.25) is 5.88 Å². The molecule has 0 saturated carbocycles. The molecule has 2 aromatic carbocycles. The summed E-state index contributed by atoms with van der Waals surface area (Å²) in [6.07, 6.45) is 4.94. The molecule has 0 fully saturated rings. The number of ether oxygens (including phenoxy) is 1. The van der Waals surface area contributed by atoms with Crippen LogP contribution in [0.25, 0.3) is 22.4 Å². The molecule has 4 rings (SSSR count). The van der Waals surface area contributed by atoms with Gasteiger partial charge in [0, 0.05) is 11.8 Å². The molecule has 0 atom stereocenters. The van der Waals surface area contributed by atoms with Crippen LogP contribution in [0, 0.1) is 0 Å². The van der Waals surface area contributed by atoms with E-state index in [1.54, 1.807) is 12.4 Å². The highest BCUT2D eigenvalue weighted by Gasteiger charge is 2.09. The van der Waals surface area contributed by atoms with Crippen LogP contribution in [-0.2, 0) is 0 Å². The van der Waals surface area contributed by atoms with Crippen molar-refractivity contribution >= 4 is 0 Å². The van der Waals surface area contributed by atoms with Crippen LogP contribution >= 0.6 is 0 Å². The molecule has 4 aromatic rings. The maximum absolute atomic E-state index is 5.94. The van der Waals surface area contributed by atoms with E-state index < -0.39 is 0 Å². The minimum Gasteiger partial charge on any atom is -0.437 e. The summed E-state index contributed by atoms with van der Waals surface area (Å²) in [6.45, 7) is 0. The Hall–Kier alpha value is -3.53. The Kier molecular flexibility index (Phi) is 4.16. The van der Waals surface area contributed by atoms with Crippen LogP contribution in [0.15, 0.2) is 91.5 Å². The molecule has 2 heterocycles. The highest BCUT2D eigenvalue weighted by Crippen LogP contribution is 2.30. The first-order valence-corrected chi connectivity index (χ1v) is 7.95. The first-order valence-electron chi connectivity index (χ1n) is 7.95. The zero-order valence-corrected chi connectivity index (χ0v) is 13.4. The van der Waals surface area contributed by atoms with Crippen molar-refractivity contribution in [1.29, 1.82) is 0 Å². The lowest BCUT2D eigenvalue weighted by molar-refractivity contribution is 0.461. The van der Waals surface area contributed by atoms with Crippen molar-refractivity contribution in [2.24, 2.45) is 0 Å². The summed E-state index contributed by atoms with van der Waals surface area (Å²) in [5.41, 5.74) is 3.82. The van der Waals surface area contributed by atoms with Crippen molar-refractivity contribution in [3.8, 4) is 34.0 Å². The standard InChI is InChI=1S/C21H15N3O/c1-3-7-16(8-4-1)19-14-22-15-24-21(19)25-18-11-12-20(23-13-18)17-9-5-2-6-10-17/h1-15H. The molecule has 2 aromatic heterocycles. The first kappa shape index (κ1) is 15.0. The quantitative estimate of drug-likeness (QED) is 0.530. The summed E-state index contributed by atoms with van der Waals surface area (Å²) in [5.74, 6) is 1.14. The van der Waals surface area contributed by atoms with Crippen molar-refractivity contribution in [3.63, 3.8) is 0 Å². The molecule has 0 unspecified atom stereocenters. The minimum atomic E-state index is 0.510. The van der Waals surface area contributed by atoms with Crippen LogP contribution in [0.5, 0.6) is 11.6 Å². The van der Waals surface area contributed by atoms with Crippen molar-refractivity contribution in [2.45, 2.75) is 0 Å². The number of hydrogen-bond donors (Lipinski definition) is 0. The molecule has 0 spiro atoms. The Morgan fingerprint density at radius 1 is 0.640 bits per heavy atom. The van der Waals surface area contributed by atoms with Gasteiger partial charge in [-0.2, -0.15) is 0 Å². The summed E-state index contributed by atoms with van der Waals surface area (Å²) in [5, 5.41) is 0. The Morgan fingerprint density at radius 3 is 2.04 bits per heavy atom. The van der Waals surface area contributed by atoms with E-state index in [9.17, 15) is 0 Å². The maximum atomic E-state index is 5.94. The van der Waals surface area contributed by atoms with Crippen LogP contribution in [0.2, 0.25) is 0 Å². The van der Waals surface area contributed by atoms with E-state index in [0.29, 0.717) is 11.6 Å². The van der Waals surface area contributed by atoms with Gasteiger partial charge in [0.1, 0.15) is 12.1 Å². The van der Waals surface area contributed by atoms with Crippen molar-refractivity contribution in [2.75, 3.05) is 0 Å². The highest BCUT2D eigenvalue weighted by atomic mass is 16.5. The summed E-state index contributed by atoms with van der Waals surface area (Å²) in [4.78, 5) is 12.9. The molecule has 0 aliphatic rings. The van der Waals surface area contributed by atoms with Gasteiger partial charge in [-0.15, -0.1) is 0 Å². The third-order valence-electron chi connectivity index (χ3n) is 3.78. The number of nitrogens with zero attached hydrogens (tertiary/aromatic N) is 3. The summed E-state index contributed by atoms with van der Waals surface area (Å²) in [6, 6.07) is 23.8. The van der Waals surface area contributed by atoms with Gasteiger partial charge < -0.3 is 4.74 Å². The SMILES string of the molecule is c1ccc(-c2ccc(Oc3ncncc3-c3ccccc3)cn2)cc1. The van der Waals surface area contributed by atoms with Gasteiger partial charge in [-0.05, 0) is 17.7 Å². The fourth-order valence-electron chi connectivity index (χ4n) is 2.55. The number of benzene rings is 2. The predicted octanol–water partition coefficient (Wildman–Crippen LogP) is 5.00. The predicted molar refractivity (Wildman–Crippen MR) is 97.2 cm³/mol. The minimum absolute atomic E-state index is 0.510. The lowest BCUT2D eigenvalue weighted by Gasteiger charge is -2.09. The molecule has 0 amide bonds. The molecule has 0 radical (unpaired) electrons. The van der Waals surface area contributed by atoms with Crippen LogP contribution in [0.4, 0.5) is 0 Å². The Labute approximate surface area is 145 Å². The molecule has 0 saturated heterocycles. The number of pyridine rings is 1. The molecular formula is C21H15N3O. The van der Waals surface area contributed by atoms with E-state index >= 15 is 0 Å². The van der Waals surface area contributed by atoms with E-state index in [2.05, 4.69) is 15.0 Å². The second-order valence-electron chi connectivity index (χ2n) is 5.45. The largest absolute Gasteiger partial charge is 0.437 e. The first-order chi connectivity index (χ1) is 12.4. The van der Waals surface area contributed by atoms with Crippen LogP contribution in [0.1, 0.15) is 0 Å². The van der Waals surface area contributed by atoms with Crippen molar-refractivity contribution in [3.05, 3.63) is 91.5 Å². The third kappa shape index (κ3) is 3.38. The van der Waals surface area contributed by atoms with Gasteiger partial charge in [-0.3, -0.25) is 4.98 Å². The average molecular weight is 325 g/mol. The maximum Gasteiger partial charge on any atom is 0.230 e. The monoisotopic (exact) mass is 325 g/mol. The molecular weight excluding hydrogens is 310 g/mol. The second kappa shape index (κ2) is 6.93. The summed E-state index contributed by atoms with van der Waals surface area (Å²) >= 11 is 0. The summed E-state index contributed by atoms with van der Waals surface area (Å²) in [7, 11) is 0. The molecule has 0 N–H and O–H groups in total. The molecule has 0 bridgehead atoms. The van der Waals surface area contributed by atoms with E-state index in [0.717, 1.165) is 22.4 Å². The lowest BCUT2D eigenvalue weighted by atomic mass is 10.1. The zero-order valence-electron chi connectivity index (χ0n) is 13.4. The number of hydrogen-bond acceptors (Lipinski definition) is 4. The Morgan fingerprint density at radius 2 is 1.36 bits per heavy atom. The molecule has 120 valence electrons. The van der Waals surface area contributed by atoms with Crippen molar-refractivity contribution < 1.29 is 4.74 Å². The van der Waals surface area contributed by atoms with E-state index in [-0.39, 0.29) is 0 Å². The Balaban J connectivity index is 1.61. The highest BCUT2D eigenvalue weighted by molar-refractivity contribution is 5.67. The summed E-state index contributed by atoms with van der Waals surface area (Å²) < 4.78 is 5.94.